The van der Waals surface area contributed by atoms with Crippen LogP contribution in [0.1, 0.15) is 122 Å². The molecule has 1 atom stereocenters. The first-order valence-electron chi connectivity index (χ1n) is 13.6. The van der Waals surface area contributed by atoms with Gasteiger partial charge >= 0.3 is 5.97 Å². The average Bonchev–Trinajstić information content (AvgIpc) is 2.81. The minimum absolute atomic E-state index is 0.199. The monoisotopic (exact) mass is 478 g/mol. The number of allylic oxidation sites excluding steroid dienone is 2. The highest BCUT2D eigenvalue weighted by molar-refractivity contribution is 6.03. The molecule has 0 saturated carbocycles. The number of carboxylic acid groups (broad SMARTS) is 1. The van der Waals surface area contributed by atoms with Gasteiger partial charge in [0.15, 0.2) is 0 Å². The normalized spacial score (nSPS) is 12.1. The molecule has 0 unspecified atom stereocenters. The van der Waals surface area contributed by atoms with Crippen molar-refractivity contribution in [1.82, 2.24) is 4.90 Å². The Bertz CT molecular complexity index is 589. The largest absolute Gasteiger partial charge is 0.480 e. The quantitative estimate of drug-likeness (QED) is 0.0986. The Morgan fingerprint density at radius 3 is 2.03 bits per heavy atom. The maximum absolute atomic E-state index is 12.9. The molecule has 0 aliphatic carbocycles. The lowest BCUT2D eigenvalue weighted by molar-refractivity contribution is -0.156. The van der Waals surface area contributed by atoms with E-state index < -0.39 is 17.9 Å². The third-order valence-corrected chi connectivity index (χ3v) is 6.07. The van der Waals surface area contributed by atoms with E-state index in [1.54, 1.807) is 6.08 Å². The molecule has 0 spiro atoms. The third kappa shape index (κ3) is 16.6. The molecule has 0 aromatic rings. The second-order valence-electron chi connectivity index (χ2n) is 9.15. The van der Waals surface area contributed by atoms with Crippen molar-refractivity contribution in [2.75, 3.05) is 6.54 Å². The molecular weight excluding hydrogens is 428 g/mol. The van der Waals surface area contributed by atoms with Crippen LogP contribution in [-0.4, -0.2) is 40.4 Å². The molecule has 0 rings (SSSR count). The SMILES string of the molecule is C=CCCCCCCCCC(=O)N(C(=O)C=CCCCCCCCC)[C@@H](CCCCN)C(=O)O. The van der Waals surface area contributed by atoms with Crippen molar-refractivity contribution in [2.24, 2.45) is 5.73 Å². The topological polar surface area (TPSA) is 101 Å². The maximum atomic E-state index is 12.9. The lowest BCUT2D eigenvalue weighted by atomic mass is 10.0. The van der Waals surface area contributed by atoms with Crippen LogP contribution in [0.2, 0.25) is 0 Å². The highest BCUT2D eigenvalue weighted by Gasteiger charge is 2.32. The van der Waals surface area contributed by atoms with Gasteiger partial charge in [0.1, 0.15) is 6.04 Å². The summed E-state index contributed by atoms with van der Waals surface area (Å²) in [5, 5.41) is 9.76. The lowest BCUT2D eigenvalue weighted by Crippen LogP contribution is -2.48. The van der Waals surface area contributed by atoms with Gasteiger partial charge in [-0.25, -0.2) is 4.79 Å². The maximum Gasteiger partial charge on any atom is 0.326 e. The number of rotatable bonds is 23. The number of aliphatic carboxylic acids is 1. The number of carbonyl (C=O) groups excluding carboxylic acids is 2. The van der Waals surface area contributed by atoms with E-state index in [-0.39, 0.29) is 18.7 Å². The average molecular weight is 479 g/mol. The van der Waals surface area contributed by atoms with Gasteiger partial charge in [0.25, 0.3) is 5.91 Å². The van der Waals surface area contributed by atoms with Gasteiger partial charge in [0.05, 0.1) is 0 Å². The molecule has 0 saturated heterocycles. The van der Waals surface area contributed by atoms with Crippen LogP contribution >= 0.6 is 0 Å². The fourth-order valence-electron chi connectivity index (χ4n) is 3.99. The Hall–Kier alpha value is -1.95. The minimum Gasteiger partial charge on any atom is -0.480 e. The zero-order valence-corrected chi connectivity index (χ0v) is 21.6. The van der Waals surface area contributed by atoms with Crippen molar-refractivity contribution in [2.45, 2.75) is 129 Å². The number of imide groups is 1. The van der Waals surface area contributed by atoms with Crippen LogP contribution in [0, 0.1) is 0 Å². The van der Waals surface area contributed by atoms with Gasteiger partial charge in [0, 0.05) is 6.42 Å². The first-order valence-corrected chi connectivity index (χ1v) is 13.6. The van der Waals surface area contributed by atoms with E-state index in [0.29, 0.717) is 25.8 Å². The van der Waals surface area contributed by atoms with E-state index in [4.69, 9.17) is 5.73 Å². The molecule has 0 aliphatic heterocycles. The molecule has 0 heterocycles. The van der Waals surface area contributed by atoms with Gasteiger partial charge < -0.3 is 10.8 Å². The van der Waals surface area contributed by atoms with Gasteiger partial charge in [0.2, 0.25) is 5.91 Å². The Kier molecular flexibility index (Phi) is 21.5. The molecule has 0 aliphatic rings. The van der Waals surface area contributed by atoms with Crippen molar-refractivity contribution in [1.29, 1.82) is 0 Å². The molecular formula is C28H50N2O4. The molecule has 0 fully saturated rings. The zero-order chi connectivity index (χ0) is 25.4. The summed E-state index contributed by atoms with van der Waals surface area (Å²) in [6.45, 7) is 6.37. The minimum atomic E-state index is -1.14. The number of unbranched alkanes of at least 4 members (excludes halogenated alkanes) is 13. The molecule has 34 heavy (non-hydrogen) atoms. The molecule has 2 amide bonds. The van der Waals surface area contributed by atoms with E-state index in [2.05, 4.69) is 13.5 Å². The van der Waals surface area contributed by atoms with Crippen LogP contribution in [0.4, 0.5) is 0 Å². The van der Waals surface area contributed by atoms with Gasteiger partial charge in [-0.2, -0.15) is 0 Å². The Labute approximate surface area is 208 Å². The predicted molar refractivity (Wildman–Crippen MR) is 140 cm³/mol. The molecule has 0 aromatic heterocycles. The summed E-state index contributed by atoms with van der Waals surface area (Å²) in [5.41, 5.74) is 5.54. The van der Waals surface area contributed by atoms with Gasteiger partial charge in [-0.1, -0.05) is 76.9 Å². The summed E-state index contributed by atoms with van der Waals surface area (Å²) < 4.78 is 0. The van der Waals surface area contributed by atoms with E-state index in [0.717, 1.165) is 62.7 Å². The molecule has 0 radical (unpaired) electrons. The molecule has 6 heteroatoms. The smallest absolute Gasteiger partial charge is 0.326 e. The van der Waals surface area contributed by atoms with Crippen molar-refractivity contribution in [3.05, 3.63) is 24.8 Å². The first-order chi connectivity index (χ1) is 16.5. The number of nitrogens with two attached hydrogens (primary N) is 1. The van der Waals surface area contributed by atoms with Crippen LogP contribution in [-0.2, 0) is 14.4 Å². The third-order valence-electron chi connectivity index (χ3n) is 6.07. The molecule has 0 aromatic carbocycles. The summed E-state index contributed by atoms with van der Waals surface area (Å²) in [6.07, 6.45) is 21.6. The molecule has 196 valence electrons. The summed E-state index contributed by atoms with van der Waals surface area (Å²) in [7, 11) is 0. The molecule has 0 bridgehead atoms. The second-order valence-corrected chi connectivity index (χ2v) is 9.15. The number of nitrogens with zero attached hydrogens (tertiary/aromatic N) is 1. The molecule has 3 N–H and O–H groups in total. The van der Waals surface area contributed by atoms with Crippen LogP contribution in [0.15, 0.2) is 24.8 Å². The number of carboxylic acids is 1. The van der Waals surface area contributed by atoms with Gasteiger partial charge in [-0.15, -0.1) is 6.58 Å². The Morgan fingerprint density at radius 2 is 1.44 bits per heavy atom. The lowest BCUT2D eigenvalue weighted by Gasteiger charge is -2.26. The molecule has 6 nitrogen and oxygen atoms in total. The van der Waals surface area contributed by atoms with Crippen molar-refractivity contribution in [3.63, 3.8) is 0 Å². The second kappa shape index (κ2) is 22.8. The Morgan fingerprint density at radius 1 is 0.853 bits per heavy atom. The van der Waals surface area contributed by atoms with Gasteiger partial charge in [-0.05, 0) is 64.0 Å². The summed E-state index contributed by atoms with van der Waals surface area (Å²) >= 11 is 0. The van der Waals surface area contributed by atoms with E-state index >= 15 is 0 Å². The van der Waals surface area contributed by atoms with Gasteiger partial charge in [-0.3, -0.25) is 14.5 Å². The van der Waals surface area contributed by atoms with E-state index in [9.17, 15) is 19.5 Å². The van der Waals surface area contributed by atoms with E-state index in [1.165, 1.54) is 31.8 Å². The fraction of sp³-hybridized carbons (Fsp3) is 0.750. The highest BCUT2D eigenvalue weighted by atomic mass is 16.4. The van der Waals surface area contributed by atoms with Crippen LogP contribution in [0.5, 0.6) is 0 Å². The number of carbonyl (C=O) groups is 3. The number of amides is 2. The van der Waals surface area contributed by atoms with Crippen molar-refractivity contribution >= 4 is 17.8 Å². The van der Waals surface area contributed by atoms with E-state index in [1.807, 2.05) is 6.08 Å². The zero-order valence-electron chi connectivity index (χ0n) is 21.6. The fourth-order valence-corrected chi connectivity index (χ4v) is 3.99. The van der Waals surface area contributed by atoms with Crippen molar-refractivity contribution in [3.8, 4) is 0 Å². The highest BCUT2D eigenvalue weighted by Crippen LogP contribution is 2.16. The first kappa shape index (κ1) is 32.0. The standard InChI is InChI=1S/C28H50N2O4/c1-3-5-7-9-11-13-15-17-22-26(31)30(25(28(33)34)21-19-20-24-29)27(32)23-18-16-14-12-10-8-6-4-2/h3,18,23,25H,1,4-17,19-22,24,29H2,2H3,(H,33,34)/t25-/m0/s1. The summed E-state index contributed by atoms with van der Waals surface area (Å²) in [6, 6.07) is -1.14. The predicted octanol–water partition coefficient (Wildman–Crippen LogP) is 6.54. The number of hydrogen-bond acceptors (Lipinski definition) is 4. The van der Waals surface area contributed by atoms with Crippen LogP contribution in [0.3, 0.4) is 0 Å². The summed E-state index contributed by atoms with van der Waals surface area (Å²) in [5.74, 6) is -2.04. The van der Waals surface area contributed by atoms with Crippen LogP contribution in [0.25, 0.3) is 0 Å². The Balaban J connectivity index is 4.84. The van der Waals surface area contributed by atoms with Crippen LogP contribution < -0.4 is 5.73 Å². The van der Waals surface area contributed by atoms with Crippen molar-refractivity contribution < 1.29 is 19.5 Å². The number of hydrogen-bond donors (Lipinski definition) is 2. The summed E-state index contributed by atoms with van der Waals surface area (Å²) in [4.78, 5) is 38.8.